The Hall–Kier alpha value is -1.44. The lowest BCUT2D eigenvalue weighted by atomic mass is 10.1. The van der Waals surface area contributed by atoms with Crippen LogP contribution in [0.3, 0.4) is 0 Å². The normalized spacial score (nSPS) is 19.2. The third-order valence-electron chi connectivity index (χ3n) is 4.99. The number of carbonyl (C=O) groups excluding carboxylic acids is 1. The van der Waals surface area contributed by atoms with Crippen LogP contribution in [-0.2, 0) is 27.7 Å². The molecule has 0 spiro atoms. The molecule has 1 aliphatic carbocycles. The second kappa shape index (κ2) is 7.21. The summed E-state index contributed by atoms with van der Waals surface area (Å²) in [5, 5.41) is 2.79. The Kier molecular flexibility index (Phi) is 5.22. The summed E-state index contributed by atoms with van der Waals surface area (Å²) in [5.74, 6) is -0.0211. The van der Waals surface area contributed by atoms with E-state index in [0.717, 1.165) is 38.9 Å². The molecule has 2 aliphatic rings. The molecule has 7 heteroatoms. The van der Waals surface area contributed by atoms with Crippen molar-refractivity contribution in [2.24, 2.45) is 0 Å². The van der Waals surface area contributed by atoms with Crippen LogP contribution in [0.25, 0.3) is 0 Å². The van der Waals surface area contributed by atoms with E-state index in [1.54, 1.807) is 10.4 Å². The van der Waals surface area contributed by atoms with Gasteiger partial charge >= 0.3 is 0 Å². The van der Waals surface area contributed by atoms with Crippen molar-refractivity contribution in [3.05, 3.63) is 29.3 Å². The molecule has 132 valence electrons. The van der Waals surface area contributed by atoms with Crippen molar-refractivity contribution >= 4 is 15.9 Å². The van der Waals surface area contributed by atoms with Crippen LogP contribution in [0.4, 0.5) is 0 Å². The standard InChI is InChI=1S/C17H25N3O3S/c1-14(21)18-7-8-19-9-11-20(12-10-19)24(22,23)17-6-5-15-3-2-4-16(15)13-17/h5-6,13H,2-4,7-12H2,1H3,(H,18,21)/p+1. The first-order chi connectivity index (χ1) is 11.5. The second-order valence-electron chi connectivity index (χ2n) is 6.67. The molecule has 1 aromatic rings. The highest BCUT2D eigenvalue weighted by atomic mass is 32.2. The first kappa shape index (κ1) is 17.4. The maximum absolute atomic E-state index is 12.9. The number of aryl methyl sites for hydroxylation is 2. The Morgan fingerprint density at radius 3 is 2.62 bits per heavy atom. The Morgan fingerprint density at radius 2 is 1.92 bits per heavy atom. The highest BCUT2D eigenvalue weighted by Gasteiger charge is 2.30. The summed E-state index contributed by atoms with van der Waals surface area (Å²) >= 11 is 0. The monoisotopic (exact) mass is 352 g/mol. The van der Waals surface area contributed by atoms with Crippen LogP contribution in [0, 0.1) is 0 Å². The van der Waals surface area contributed by atoms with Crippen molar-refractivity contribution in [3.8, 4) is 0 Å². The number of benzene rings is 1. The molecule has 2 N–H and O–H groups in total. The topological polar surface area (TPSA) is 70.9 Å². The predicted molar refractivity (Wildman–Crippen MR) is 91.5 cm³/mol. The number of fused-ring (bicyclic) bond motifs is 1. The molecular weight excluding hydrogens is 326 g/mol. The van der Waals surface area contributed by atoms with E-state index < -0.39 is 10.0 Å². The SMILES string of the molecule is CC(=O)NCC[NH+]1CCN(S(=O)(=O)c2ccc3c(c2)CCC3)CC1. The highest BCUT2D eigenvalue weighted by Crippen LogP contribution is 2.26. The van der Waals surface area contributed by atoms with Gasteiger partial charge in [-0.05, 0) is 42.5 Å². The third-order valence-corrected chi connectivity index (χ3v) is 6.88. The van der Waals surface area contributed by atoms with E-state index in [-0.39, 0.29) is 5.91 Å². The van der Waals surface area contributed by atoms with E-state index in [4.69, 9.17) is 0 Å². The van der Waals surface area contributed by atoms with Crippen molar-refractivity contribution in [2.75, 3.05) is 39.3 Å². The zero-order valence-electron chi connectivity index (χ0n) is 14.2. The van der Waals surface area contributed by atoms with Gasteiger partial charge in [-0.1, -0.05) is 6.07 Å². The molecule has 1 aromatic carbocycles. The second-order valence-corrected chi connectivity index (χ2v) is 8.61. The minimum atomic E-state index is -3.39. The molecule has 24 heavy (non-hydrogen) atoms. The van der Waals surface area contributed by atoms with E-state index in [1.165, 1.54) is 23.0 Å². The molecule has 0 bridgehead atoms. The van der Waals surface area contributed by atoms with Crippen LogP contribution < -0.4 is 10.2 Å². The van der Waals surface area contributed by atoms with E-state index in [9.17, 15) is 13.2 Å². The van der Waals surface area contributed by atoms with Crippen LogP contribution in [-0.4, -0.2) is 57.9 Å². The number of amides is 1. The molecule has 1 aliphatic heterocycles. The van der Waals surface area contributed by atoms with Crippen LogP contribution in [0.1, 0.15) is 24.5 Å². The van der Waals surface area contributed by atoms with Crippen molar-refractivity contribution in [1.29, 1.82) is 0 Å². The van der Waals surface area contributed by atoms with Crippen molar-refractivity contribution < 1.29 is 18.1 Å². The fourth-order valence-electron chi connectivity index (χ4n) is 3.57. The van der Waals surface area contributed by atoms with E-state index in [1.807, 2.05) is 12.1 Å². The third kappa shape index (κ3) is 3.79. The fraction of sp³-hybridized carbons (Fsp3) is 0.588. The molecule has 1 saturated heterocycles. The average molecular weight is 352 g/mol. The number of sulfonamides is 1. The summed E-state index contributed by atoms with van der Waals surface area (Å²) in [4.78, 5) is 12.7. The maximum atomic E-state index is 12.9. The van der Waals surface area contributed by atoms with Gasteiger partial charge in [0.25, 0.3) is 0 Å². The van der Waals surface area contributed by atoms with Crippen LogP contribution >= 0.6 is 0 Å². The number of nitrogens with zero attached hydrogens (tertiary/aromatic N) is 1. The Labute approximate surface area is 143 Å². The summed E-state index contributed by atoms with van der Waals surface area (Å²) in [6, 6.07) is 5.60. The van der Waals surface area contributed by atoms with Gasteiger partial charge in [-0.2, -0.15) is 4.31 Å². The number of piperazine rings is 1. The number of hydrogen-bond acceptors (Lipinski definition) is 3. The Morgan fingerprint density at radius 1 is 1.21 bits per heavy atom. The van der Waals surface area contributed by atoms with Gasteiger partial charge in [0.1, 0.15) is 0 Å². The first-order valence-electron chi connectivity index (χ1n) is 8.67. The number of quaternary nitrogens is 1. The number of carbonyl (C=O) groups is 1. The molecule has 1 fully saturated rings. The summed E-state index contributed by atoms with van der Waals surface area (Å²) in [6.45, 7) is 5.63. The molecule has 0 unspecified atom stereocenters. The number of hydrogen-bond donors (Lipinski definition) is 2. The number of rotatable bonds is 5. The molecule has 0 aromatic heterocycles. The van der Waals surface area contributed by atoms with E-state index in [2.05, 4.69) is 5.32 Å². The van der Waals surface area contributed by atoms with Gasteiger partial charge in [0.05, 0.1) is 44.2 Å². The summed E-state index contributed by atoms with van der Waals surface area (Å²) in [7, 11) is -3.39. The van der Waals surface area contributed by atoms with Crippen LogP contribution in [0.15, 0.2) is 23.1 Å². The number of nitrogens with one attached hydrogen (secondary N) is 2. The average Bonchev–Trinajstić information content (AvgIpc) is 3.02. The first-order valence-corrected chi connectivity index (χ1v) is 10.1. The van der Waals surface area contributed by atoms with Gasteiger partial charge in [0.2, 0.25) is 15.9 Å². The Bertz CT molecular complexity index is 710. The van der Waals surface area contributed by atoms with Gasteiger partial charge in [0, 0.05) is 6.92 Å². The zero-order chi connectivity index (χ0) is 17.2. The van der Waals surface area contributed by atoms with Crippen molar-refractivity contribution in [3.63, 3.8) is 0 Å². The van der Waals surface area contributed by atoms with Gasteiger partial charge < -0.3 is 10.2 Å². The molecule has 1 amide bonds. The van der Waals surface area contributed by atoms with Gasteiger partial charge in [-0.3, -0.25) is 4.79 Å². The van der Waals surface area contributed by atoms with Crippen LogP contribution in [0.5, 0.6) is 0 Å². The lowest BCUT2D eigenvalue weighted by Crippen LogP contribution is -3.15. The van der Waals surface area contributed by atoms with E-state index in [0.29, 0.717) is 24.5 Å². The quantitative estimate of drug-likeness (QED) is 0.729. The summed E-state index contributed by atoms with van der Waals surface area (Å²) < 4.78 is 27.3. The summed E-state index contributed by atoms with van der Waals surface area (Å²) in [6.07, 6.45) is 3.17. The summed E-state index contributed by atoms with van der Waals surface area (Å²) in [5.41, 5.74) is 2.48. The minimum absolute atomic E-state index is 0.0211. The minimum Gasteiger partial charge on any atom is -0.351 e. The molecule has 0 atom stereocenters. The van der Waals surface area contributed by atoms with Gasteiger partial charge in [0.15, 0.2) is 0 Å². The molecule has 6 nitrogen and oxygen atoms in total. The van der Waals surface area contributed by atoms with Crippen LogP contribution in [0.2, 0.25) is 0 Å². The lowest BCUT2D eigenvalue weighted by Gasteiger charge is -2.31. The smallest absolute Gasteiger partial charge is 0.243 e. The zero-order valence-corrected chi connectivity index (χ0v) is 15.0. The molecule has 0 saturated carbocycles. The van der Waals surface area contributed by atoms with E-state index >= 15 is 0 Å². The van der Waals surface area contributed by atoms with Crippen molar-refractivity contribution in [1.82, 2.24) is 9.62 Å². The molecule has 1 heterocycles. The maximum Gasteiger partial charge on any atom is 0.243 e. The molecule has 0 radical (unpaired) electrons. The van der Waals surface area contributed by atoms with Crippen molar-refractivity contribution in [2.45, 2.75) is 31.1 Å². The Balaban J connectivity index is 1.60. The largest absolute Gasteiger partial charge is 0.351 e. The highest BCUT2D eigenvalue weighted by molar-refractivity contribution is 7.89. The van der Waals surface area contributed by atoms with Gasteiger partial charge in [-0.25, -0.2) is 8.42 Å². The lowest BCUT2D eigenvalue weighted by molar-refractivity contribution is -0.902. The van der Waals surface area contributed by atoms with Gasteiger partial charge in [-0.15, -0.1) is 0 Å². The molecular formula is C17H26N3O3S+. The fourth-order valence-corrected chi connectivity index (χ4v) is 5.06. The predicted octanol–water partition coefficient (Wildman–Crippen LogP) is -0.799. The molecule has 3 rings (SSSR count).